The monoisotopic (exact) mass is 216 g/mol. The second-order valence-corrected chi connectivity index (χ2v) is 4.55. The van der Waals surface area contributed by atoms with Gasteiger partial charge in [-0.15, -0.1) is 0 Å². The molecule has 0 atom stereocenters. The van der Waals surface area contributed by atoms with Crippen molar-refractivity contribution in [2.24, 2.45) is 0 Å². The maximum atomic E-state index is 5.91. The summed E-state index contributed by atoms with van der Waals surface area (Å²) in [4.78, 5) is 0. The Morgan fingerprint density at radius 3 is 2.69 bits per heavy atom. The Balaban J connectivity index is 1.95. The maximum Gasteiger partial charge on any atom is 0.118 e. The van der Waals surface area contributed by atoms with Crippen LogP contribution < -0.4 is 0 Å². The predicted octanol–water partition coefficient (Wildman–Crippen LogP) is 4.29. The standard InChI is InChI=1S/C15H20O/c1-12-7-3-5-9-14(12)11-16-15-10-6-4-8-13(15)2/h3,7-8,10H,4-6,9,11H2,1-2H3. The average molecular weight is 216 g/mol. The van der Waals surface area contributed by atoms with Crippen LogP contribution in [0.2, 0.25) is 0 Å². The smallest absolute Gasteiger partial charge is 0.118 e. The molecule has 0 aromatic carbocycles. The van der Waals surface area contributed by atoms with Gasteiger partial charge in [0.1, 0.15) is 12.4 Å². The molecule has 0 heterocycles. The fourth-order valence-electron chi connectivity index (χ4n) is 2.13. The summed E-state index contributed by atoms with van der Waals surface area (Å²) in [6.07, 6.45) is 13.5. The minimum atomic E-state index is 0.757. The average Bonchev–Trinajstić information content (AvgIpc) is 2.30. The van der Waals surface area contributed by atoms with Gasteiger partial charge in [-0.05, 0) is 62.3 Å². The van der Waals surface area contributed by atoms with Crippen molar-refractivity contribution in [3.8, 4) is 0 Å². The molecule has 86 valence electrons. The molecule has 0 N–H and O–H groups in total. The molecular formula is C15H20O. The molecule has 0 fully saturated rings. The molecule has 0 saturated heterocycles. The molecule has 0 aromatic heterocycles. The van der Waals surface area contributed by atoms with E-state index in [-0.39, 0.29) is 0 Å². The molecule has 2 aliphatic carbocycles. The lowest BCUT2D eigenvalue weighted by Gasteiger charge is -2.18. The third kappa shape index (κ3) is 2.66. The highest BCUT2D eigenvalue weighted by atomic mass is 16.5. The Bertz CT molecular complexity index is 380. The van der Waals surface area contributed by atoms with Gasteiger partial charge in [0.2, 0.25) is 0 Å². The molecule has 0 aliphatic heterocycles. The Morgan fingerprint density at radius 1 is 1.12 bits per heavy atom. The molecule has 2 aliphatic rings. The highest BCUT2D eigenvalue weighted by molar-refractivity contribution is 5.30. The zero-order chi connectivity index (χ0) is 11.4. The van der Waals surface area contributed by atoms with Gasteiger partial charge < -0.3 is 4.74 Å². The molecular weight excluding hydrogens is 196 g/mol. The van der Waals surface area contributed by atoms with Crippen molar-refractivity contribution < 1.29 is 4.74 Å². The molecule has 1 nitrogen and oxygen atoms in total. The molecule has 0 spiro atoms. The lowest BCUT2D eigenvalue weighted by Crippen LogP contribution is -2.05. The van der Waals surface area contributed by atoms with Crippen molar-refractivity contribution in [1.82, 2.24) is 0 Å². The van der Waals surface area contributed by atoms with Crippen molar-refractivity contribution >= 4 is 0 Å². The van der Waals surface area contributed by atoms with E-state index >= 15 is 0 Å². The fourth-order valence-corrected chi connectivity index (χ4v) is 2.13. The summed E-state index contributed by atoms with van der Waals surface area (Å²) in [7, 11) is 0. The lowest BCUT2D eigenvalue weighted by atomic mass is 9.99. The van der Waals surface area contributed by atoms with Crippen LogP contribution in [0.3, 0.4) is 0 Å². The molecule has 1 heteroatoms. The molecule has 0 aromatic rings. The van der Waals surface area contributed by atoms with Gasteiger partial charge in [0.15, 0.2) is 0 Å². The van der Waals surface area contributed by atoms with Crippen molar-refractivity contribution in [1.29, 1.82) is 0 Å². The van der Waals surface area contributed by atoms with E-state index in [4.69, 9.17) is 4.74 Å². The van der Waals surface area contributed by atoms with Gasteiger partial charge in [-0.1, -0.05) is 18.2 Å². The normalized spacial score (nSPS) is 20.6. The van der Waals surface area contributed by atoms with Crippen LogP contribution in [0.15, 0.2) is 46.8 Å². The molecule has 2 rings (SSSR count). The van der Waals surface area contributed by atoms with Gasteiger partial charge in [-0.3, -0.25) is 0 Å². The highest BCUT2D eigenvalue weighted by Crippen LogP contribution is 2.23. The second kappa shape index (κ2) is 5.20. The van der Waals surface area contributed by atoms with E-state index in [0.717, 1.165) is 38.0 Å². The summed E-state index contributed by atoms with van der Waals surface area (Å²) in [5.41, 5.74) is 4.11. The van der Waals surface area contributed by atoms with Crippen LogP contribution in [0.1, 0.15) is 39.5 Å². The Morgan fingerprint density at radius 2 is 1.94 bits per heavy atom. The summed E-state index contributed by atoms with van der Waals surface area (Å²) in [5.74, 6) is 1.08. The molecule has 0 bridgehead atoms. The minimum Gasteiger partial charge on any atom is -0.489 e. The van der Waals surface area contributed by atoms with Gasteiger partial charge in [0.05, 0.1) is 0 Å². The molecule has 0 amide bonds. The summed E-state index contributed by atoms with van der Waals surface area (Å²) in [5, 5.41) is 0. The van der Waals surface area contributed by atoms with E-state index in [2.05, 4.69) is 38.2 Å². The zero-order valence-corrected chi connectivity index (χ0v) is 10.3. The predicted molar refractivity (Wildman–Crippen MR) is 68.1 cm³/mol. The van der Waals surface area contributed by atoms with Crippen LogP contribution in [0.25, 0.3) is 0 Å². The van der Waals surface area contributed by atoms with Gasteiger partial charge in [0.25, 0.3) is 0 Å². The first kappa shape index (κ1) is 11.3. The van der Waals surface area contributed by atoms with Crippen LogP contribution in [0, 0.1) is 0 Å². The topological polar surface area (TPSA) is 9.23 Å². The van der Waals surface area contributed by atoms with E-state index in [9.17, 15) is 0 Å². The van der Waals surface area contributed by atoms with E-state index in [1.54, 1.807) is 0 Å². The fraction of sp³-hybridized carbons (Fsp3) is 0.467. The Labute approximate surface area is 98.2 Å². The first-order valence-electron chi connectivity index (χ1n) is 6.12. The van der Waals surface area contributed by atoms with Crippen LogP contribution in [-0.2, 0) is 4.74 Å². The van der Waals surface area contributed by atoms with Crippen molar-refractivity contribution in [3.63, 3.8) is 0 Å². The second-order valence-electron chi connectivity index (χ2n) is 4.55. The molecule has 0 saturated carbocycles. The van der Waals surface area contributed by atoms with Crippen LogP contribution >= 0.6 is 0 Å². The summed E-state index contributed by atoms with van der Waals surface area (Å²) >= 11 is 0. The molecule has 0 unspecified atom stereocenters. The highest BCUT2D eigenvalue weighted by Gasteiger charge is 2.09. The first-order chi connectivity index (χ1) is 7.77. The quantitative estimate of drug-likeness (QED) is 0.683. The number of ether oxygens (including phenoxy) is 1. The van der Waals surface area contributed by atoms with E-state index in [0.29, 0.717) is 0 Å². The molecule has 0 radical (unpaired) electrons. The first-order valence-corrected chi connectivity index (χ1v) is 6.12. The third-order valence-corrected chi connectivity index (χ3v) is 3.28. The van der Waals surface area contributed by atoms with E-state index in [1.807, 2.05) is 0 Å². The van der Waals surface area contributed by atoms with Crippen LogP contribution in [0.4, 0.5) is 0 Å². The van der Waals surface area contributed by atoms with E-state index in [1.165, 1.54) is 16.7 Å². The summed E-state index contributed by atoms with van der Waals surface area (Å²) in [6.45, 7) is 5.06. The van der Waals surface area contributed by atoms with Gasteiger partial charge >= 0.3 is 0 Å². The van der Waals surface area contributed by atoms with Gasteiger partial charge in [0, 0.05) is 0 Å². The van der Waals surface area contributed by atoms with Crippen LogP contribution in [0.5, 0.6) is 0 Å². The number of hydrogen-bond donors (Lipinski definition) is 0. The summed E-state index contributed by atoms with van der Waals surface area (Å²) < 4.78 is 5.91. The van der Waals surface area contributed by atoms with Crippen molar-refractivity contribution in [2.75, 3.05) is 6.61 Å². The summed E-state index contributed by atoms with van der Waals surface area (Å²) in [6, 6.07) is 0. The van der Waals surface area contributed by atoms with Gasteiger partial charge in [-0.25, -0.2) is 0 Å². The number of hydrogen-bond acceptors (Lipinski definition) is 1. The third-order valence-electron chi connectivity index (χ3n) is 3.28. The van der Waals surface area contributed by atoms with Crippen molar-refractivity contribution in [2.45, 2.75) is 39.5 Å². The van der Waals surface area contributed by atoms with E-state index < -0.39 is 0 Å². The largest absolute Gasteiger partial charge is 0.489 e. The van der Waals surface area contributed by atoms with Crippen LogP contribution in [-0.4, -0.2) is 6.61 Å². The lowest BCUT2D eigenvalue weighted by molar-refractivity contribution is 0.241. The SMILES string of the molecule is CC1=CCCC=C1OCC1=C(C)C=CCC1. The van der Waals surface area contributed by atoms with Gasteiger partial charge in [-0.2, -0.15) is 0 Å². The Kier molecular flexibility index (Phi) is 3.66. The maximum absolute atomic E-state index is 5.91. The Hall–Kier alpha value is -1.24. The number of rotatable bonds is 3. The van der Waals surface area contributed by atoms with Crippen molar-refractivity contribution in [3.05, 3.63) is 46.8 Å². The molecule has 16 heavy (non-hydrogen) atoms. The zero-order valence-electron chi connectivity index (χ0n) is 10.3. The number of allylic oxidation sites excluding steroid dienone is 6. The minimum absolute atomic E-state index is 0.757.